The summed E-state index contributed by atoms with van der Waals surface area (Å²) in [6, 6.07) is 10.3. The van der Waals surface area contributed by atoms with Gasteiger partial charge in [-0.25, -0.2) is 0 Å². The number of nitrogen functional groups attached to an aromatic ring is 1. The van der Waals surface area contributed by atoms with Crippen LogP contribution in [0.1, 0.15) is 16.7 Å². The van der Waals surface area contributed by atoms with E-state index in [0.717, 1.165) is 6.07 Å². The third-order valence-electron chi connectivity index (χ3n) is 4.08. The van der Waals surface area contributed by atoms with Crippen LogP contribution in [0.25, 0.3) is 22.4 Å². The zero-order chi connectivity index (χ0) is 21.3. The van der Waals surface area contributed by atoms with Gasteiger partial charge in [0.15, 0.2) is 0 Å². The highest BCUT2D eigenvalue weighted by molar-refractivity contribution is 6.33. The van der Waals surface area contributed by atoms with E-state index < -0.39 is 17.3 Å². The Hall–Kier alpha value is -3.82. The van der Waals surface area contributed by atoms with Crippen molar-refractivity contribution in [2.75, 3.05) is 5.73 Å². The van der Waals surface area contributed by atoms with Gasteiger partial charge in [0.2, 0.25) is 0 Å². The normalized spacial score (nSPS) is 11.0. The molecule has 1 aromatic carbocycles. The molecule has 0 aliphatic heterocycles. The average molecular weight is 416 g/mol. The molecule has 0 aliphatic rings. The predicted octanol–water partition coefficient (Wildman–Crippen LogP) is 4.10. The molecule has 3 rings (SSSR count). The van der Waals surface area contributed by atoms with E-state index in [4.69, 9.17) is 17.3 Å². The van der Waals surface area contributed by atoms with Crippen molar-refractivity contribution in [3.05, 3.63) is 68.6 Å². The average Bonchev–Trinajstić information content (AvgIpc) is 2.67. The van der Waals surface area contributed by atoms with Gasteiger partial charge in [-0.1, -0.05) is 35.9 Å². The molecule has 0 saturated heterocycles. The largest absolute Gasteiger partial charge is 0.417 e. The van der Waals surface area contributed by atoms with Crippen molar-refractivity contribution in [3.8, 4) is 34.5 Å². The molecule has 0 saturated carbocycles. The molecule has 0 bridgehead atoms. The second-order valence-corrected chi connectivity index (χ2v) is 6.25. The Morgan fingerprint density at radius 3 is 2.17 bits per heavy atom. The number of aromatic amines is 1. The Morgan fingerprint density at radius 1 is 1.07 bits per heavy atom. The molecule has 29 heavy (non-hydrogen) atoms. The molecule has 0 amide bonds. The molecule has 144 valence electrons. The lowest BCUT2D eigenvalue weighted by Crippen LogP contribution is -2.16. The third-order valence-corrected chi connectivity index (χ3v) is 4.37. The van der Waals surface area contributed by atoms with Crippen molar-refractivity contribution in [1.29, 1.82) is 10.5 Å². The highest BCUT2D eigenvalue weighted by Crippen LogP contribution is 2.35. The Bertz CT molecular complexity index is 1250. The van der Waals surface area contributed by atoms with E-state index in [1.807, 2.05) is 6.07 Å². The quantitative estimate of drug-likeness (QED) is 0.653. The number of H-pyrrole nitrogens is 1. The molecule has 3 aromatic rings. The number of pyridine rings is 2. The molecule has 0 radical (unpaired) electrons. The van der Waals surface area contributed by atoms with Crippen LogP contribution in [0.4, 0.5) is 19.0 Å². The van der Waals surface area contributed by atoms with E-state index >= 15 is 0 Å². The molecule has 2 aromatic heterocycles. The summed E-state index contributed by atoms with van der Waals surface area (Å²) in [5.41, 5.74) is 4.55. The van der Waals surface area contributed by atoms with Crippen molar-refractivity contribution in [2.24, 2.45) is 0 Å². The Kier molecular flexibility index (Phi) is 5.02. The SMILES string of the molecule is N#Cc1c(N)[nH]c(=O)c(C#N)c1-c1ccc(-c2ncc(C(F)(F)F)cc2Cl)cc1. The lowest BCUT2D eigenvalue weighted by molar-refractivity contribution is -0.137. The van der Waals surface area contributed by atoms with E-state index in [9.17, 15) is 28.5 Å². The monoisotopic (exact) mass is 415 g/mol. The highest BCUT2D eigenvalue weighted by Gasteiger charge is 2.31. The first-order chi connectivity index (χ1) is 13.7. The number of nitrogens with one attached hydrogen (secondary N) is 1. The van der Waals surface area contributed by atoms with E-state index in [-0.39, 0.29) is 33.2 Å². The molecule has 10 heteroatoms. The maximum absolute atomic E-state index is 12.8. The molecule has 2 heterocycles. The molecule has 6 nitrogen and oxygen atoms in total. The summed E-state index contributed by atoms with van der Waals surface area (Å²) < 4.78 is 38.3. The predicted molar refractivity (Wildman–Crippen MR) is 99.6 cm³/mol. The topological polar surface area (TPSA) is 119 Å². The second-order valence-electron chi connectivity index (χ2n) is 5.85. The molecule has 0 fully saturated rings. The number of hydrogen-bond acceptors (Lipinski definition) is 5. The Morgan fingerprint density at radius 2 is 1.66 bits per heavy atom. The fraction of sp³-hybridized carbons (Fsp3) is 0.0526. The van der Waals surface area contributed by atoms with Crippen molar-refractivity contribution >= 4 is 17.4 Å². The van der Waals surface area contributed by atoms with Gasteiger partial charge in [0, 0.05) is 17.3 Å². The van der Waals surface area contributed by atoms with Gasteiger partial charge in [0.25, 0.3) is 5.56 Å². The van der Waals surface area contributed by atoms with E-state index in [2.05, 4.69) is 9.97 Å². The molecule has 0 aliphatic carbocycles. The first-order valence-corrected chi connectivity index (χ1v) is 8.24. The van der Waals surface area contributed by atoms with Crippen molar-refractivity contribution in [2.45, 2.75) is 6.18 Å². The van der Waals surface area contributed by atoms with Gasteiger partial charge in [0.1, 0.15) is 29.1 Å². The van der Waals surface area contributed by atoms with Crippen molar-refractivity contribution in [1.82, 2.24) is 9.97 Å². The number of nitrogens with two attached hydrogens (primary N) is 1. The second kappa shape index (κ2) is 7.30. The van der Waals surface area contributed by atoms with Crippen molar-refractivity contribution < 1.29 is 13.2 Å². The van der Waals surface area contributed by atoms with Crippen LogP contribution in [0.15, 0.2) is 41.3 Å². The van der Waals surface area contributed by atoms with Crippen LogP contribution in [0.5, 0.6) is 0 Å². The first kappa shape index (κ1) is 19.9. The van der Waals surface area contributed by atoms with Gasteiger partial charge >= 0.3 is 6.18 Å². The third kappa shape index (κ3) is 3.64. The van der Waals surface area contributed by atoms with E-state index in [1.165, 1.54) is 24.3 Å². The number of nitrogens with zero attached hydrogens (tertiary/aromatic N) is 3. The zero-order valence-corrected chi connectivity index (χ0v) is 15.1. The van der Waals surface area contributed by atoms with Crippen LogP contribution < -0.4 is 11.3 Å². The van der Waals surface area contributed by atoms with Crippen LogP contribution in [0.3, 0.4) is 0 Å². The fourth-order valence-electron chi connectivity index (χ4n) is 2.73. The lowest BCUT2D eigenvalue weighted by Gasteiger charge is -2.11. The van der Waals surface area contributed by atoms with Crippen molar-refractivity contribution in [3.63, 3.8) is 0 Å². The number of anilines is 1. The Balaban J connectivity index is 2.11. The maximum atomic E-state index is 12.8. The standard InChI is InChI=1S/C19H9ClF3N5O/c20-14-5-11(19(21,22)23)8-27-16(14)10-3-1-9(2-4-10)15-12(6-24)17(26)28-18(29)13(15)7-25/h1-5,8H,(H3,26,28,29). The van der Waals surface area contributed by atoms with Crippen LogP contribution in [-0.4, -0.2) is 9.97 Å². The summed E-state index contributed by atoms with van der Waals surface area (Å²) in [5, 5.41) is 18.5. The molecule has 3 N–H and O–H groups in total. The highest BCUT2D eigenvalue weighted by atomic mass is 35.5. The minimum absolute atomic E-state index is 0.0641. The van der Waals surface area contributed by atoms with Crippen LogP contribution in [0.2, 0.25) is 5.02 Å². The van der Waals surface area contributed by atoms with Gasteiger partial charge in [-0.2, -0.15) is 23.7 Å². The van der Waals surface area contributed by atoms with Gasteiger partial charge in [-0.15, -0.1) is 0 Å². The number of nitriles is 2. The summed E-state index contributed by atoms with van der Waals surface area (Å²) in [6.07, 6.45) is -3.89. The maximum Gasteiger partial charge on any atom is 0.417 e. The molecule has 0 spiro atoms. The van der Waals surface area contributed by atoms with Gasteiger partial charge in [-0.3, -0.25) is 9.78 Å². The van der Waals surface area contributed by atoms with Crippen LogP contribution in [-0.2, 0) is 6.18 Å². The number of halogens is 4. The fourth-order valence-corrected chi connectivity index (χ4v) is 3.01. The molecular formula is C19H9ClF3N5O. The minimum atomic E-state index is -4.57. The van der Waals surface area contributed by atoms with E-state index in [0.29, 0.717) is 17.3 Å². The van der Waals surface area contributed by atoms with Gasteiger partial charge in [-0.05, 0) is 11.6 Å². The summed E-state index contributed by atoms with van der Waals surface area (Å²) in [6.45, 7) is 0. The summed E-state index contributed by atoms with van der Waals surface area (Å²) in [5.74, 6) is -0.178. The molecular weight excluding hydrogens is 407 g/mol. The van der Waals surface area contributed by atoms with Crippen LogP contribution in [0, 0.1) is 22.7 Å². The number of benzene rings is 1. The smallest absolute Gasteiger partial charge is 0.384 e. The minimum Gasteiger partial charge on any atom is -0.384 e. The number of rotatable bonds is 2. The lowest BCUT2D eigenvalue weighted by atomic mass is 9.95. The van der Waals surface area contributed by atoms with Crippen LogP contribution >= 0.6 is 11.6 Å². The zero-order valence-electron chi connectivity index (χ0n) is 14.3. The number of hydrogen-bond donors (Lipinski definition) is 2. The number of aromatic nitrogens is 2. The van der Waals surface area contributed by atoms with Gasteiger partial charge in [0.05, 0.1) is 16.3 Å². The molecule has 0 unspecified atom stereocenters. The Labute approximate surface area is 166 Å². The summed E-state index contributed by atoms with van der Waals surface area (Å²) in [7, 11) is 0. The first-order valence-electron chi connectivity index (χ1n) is 7.87. The molecule has 0 atom stereocenters. The van der Waals surface area contributed by atoms with E-state index in [1.54, 1.807) is 6.07 Å². The number of alkyl halides is 3. The summed E-state index contributed by atoms with van der Waals surface area (Å²) >= 11 is 5.95. The van der Waals surface area contributed by atoms with Gasteiger partial charge < -0.3 is 10.7 Å². The summed E-state index contributed by atoms with van der Waals surface area (Å²) in [4.78, 5) is 18.0.